The molecule has 5 heteroatoms. The van der Waals surface area contributed by atoms with Crippen LogP contribution in [0.4, 0.5) is 11.4 Å². The molecule has 0 atom stereocenters. The molecule has 0 heterocycles. The zero-order chi connectivity index (χ0) is 13.4. The quantitative estimate of drug-likeness (QED) is 0.708. The lowest BCUT2D eigenvalue weighted by Gasteiger charge is -2.14. The largest absolute Gasteiger partial charge is 0.383 e. The molecule has 18 heavy (non-hydrogen) atoms. The molecular formula is C13H21N3O2. The highest BCUT2D eigenvalue weighted by Gasteiger charge is 2.01. The monoisotopic (exact) mass is 251 g/mol. The Labute approximate surface area is 108 Å². The highest BCUT2D eigenvalue weighted by Crippen LogP contribution is 2.16. The van der Waals surface area contributed by atoms with E-state index in [0.717, 1.165) is 11.4 Å². The summed E-state index contributed by atoms with van der Waals surface area (Å²) in [6.45, 7) is 1.33. The number of benzene rings is 1. The van der Waals surface area contributed by atoms with Crippen molar-refractivity contribution in [1.82, 2.24) is 5.32 Å². The van der Waals surface area contributed by atoms with Gasteiger partial charge in [0.25, 0.3) is 0 Å². The lowest BCUT2D eigenvalue weighted by molar-refractivity contribution is -0.119. The first-order valence-corrected chi connectivity index (χ1v) is 5.90. The molecule has 0 aliphatic carbocycles. The summed E-state index contributed by atoms with van der Waals surface area (Å²) in [4.78, 5) is 13.5. The van der Waals surface area contributed by atoms with Crippen molar-refractivity contribution >= 4 is 17.3 Å². The molecule has 1 amide bonds. The lowest BCUT2D eigenvalue weighted by atomic mass is 10.2. The number of anilines is 2. The van der Waals surface area contributed by atoms with Crippen LogP contribution in [-0.2, 0) is 9.53 Å². The van der Waals surface area contributed by atoms with Crippen molar-refractivity contribution in [2.75, 3.05) is 51.1 Å². The van der Waals surface area contributed by atoms with E-state index >= 15 is 0 Å². The maximum atomic E-state index is 11.5. The lowest BCUT2D eigenvalue weighted by Crippen LogP contribution is -2.32. The van der Waals surface area contributed by atoms with Crippen LogP contribution in [0.5, 0.6) is 0 Å². The van der Waals surface area contributed by atoms with Gasteiger partial charge in [-0.1, -0.05) is 6.07 Å². The number of carbonyl (C=O) groups excluding carboxylic acids is 1. The van der Waals surface area contributed by atoms with Crippen molar-refractivity contribution in [1.29, 1.82) is 0 Å². The van der Waals surface area contributed by atoms with Crippen LogP contribution in [0, 0.1) is 0 Å². The van der Waals surface area contributed by atoms with Gasteiger partial charge in [0.05, 0.1) is 13.2 Å². The summed E-state index contributed by atoms with van der Waals surface area (Å²) in [5, 5.41) is 5.84. The minimum Gasteiger partial charge on any atom is -0.383 e. The molecule has 0 bridgehead atoms. The average Bonchev–Trinajstić information content (AvgIpc) is 2.37. The summed E-state index contributed by atoms with van der Waals surface area (Å²) in [7, 11) is 5.57. The Kier molecular flexibility index (Phi) is 6.00. The fourth-order valence-electron chi connectivity index (χ4n) is 1.43. The minimum absolute atomic E-state index is 0.0395. The molecule has 100 valence electrons. The number of hydrogen-bond acceptors (Lipinski definition) is 4. The molecule has 0 aliphatic heterocycles. The molecule has 1 rings (SSSR count). The number of rotatable bonds is 7. The molecule has 0 aromatic heterocycles. The van der Waals surface area contributed by atoms with Gasteiger partial charge in [0.1, 0.15) is 0 Å². The summed E-state index contributed by atoms with van der Waals surface area (Å²) < 4.78 is 4.86. The van der Waals surface area contributed by atoms with Gasteiger partial charge in [0.2, 0.25) is 5.91 Å². The van der Waals surface area contributed by atoms with Crippen molar-refractivity contribution in [2.24, 2.45) is 0 Å². The van der Waals surface area contributed by atoms with Crippen LogP contribution in [0.1, 0.15) is 0 Å². The molecule has 0 saturated carbocycles. The number of amides is 1. The van der Waals surface area contributed by atoms with Gasteiger partial charge in [-0.25, -0.2) is 0 Å². The third-order valence-electron chi connectivity index (χ3n) is 2.44. The standard InChI is InChI=1S/C13H21N3O2/c1-16(2)12-6-4-5-11(9-12)15-10-13(17)14-7-8-18-3/h4-6,9,15H,7-8,10H2,1-3H3,(H,14,17). The second-order valence-corrected chi connectivity index (χ2v) is 4.14. The van der Waals surface area contributed by atoms with E-state index in [-0.39, 0.29) is 12.5 Å². The van der Waals surface area contributed by atoms with Crippen LogP contribution in [0.2, 0.25) is 0 Å². The van der Waals surface area contributed by atoms with E-state index in [9.17, 15) is 4.79 Å². The normalized spacial score (nSPS) is 9.94. The predicted octanol–water partition coefficient (Wildman–Crippen LogP) is 0.927. The molecule has 1 aromatic rings. The first kappa shape index (κ1) is 14.3. The summed E-state index contributed by atoms with van der Waals surface area (Å²) in [5.41, 5.74) is 2.03. The highest BCUT2D eigenvalue weighted by molar-refractivity contribution is 5.80. The Morgan fingerprint density at radius 1 is 1.39 bits per heavy atom. The first-order valence-electron chi connectivity index (χ1n) is 5.90. The van der Waals surface area contributed by atoms with Gasteiger partial charge < -0.3 is 20.3 Å². The maximum Gasteiger partial charge on any atom is 0.239 e. The van der Waals surface area contributed by atoms with Crippen molar-refractivity contribution in [3.05, 3.63) is 24.3 Å². The number of methoxy groups -OCH3 is 1. The first-order chi connectivity index (χ1) is 8.63. The van der Waals surface area contributed by atoms with Gasteiger partial charge in [0, 0.05) is 39.1 Å². The number of hydrogen-bond donors (Lipinski definition) is 2. The van der Waals surface area contributed by atoms with E-state index in [1.807, 2.05) is 43.3 Å². The van der Waals surface area contributed by atoms with Gasteiger partial charge in [-0.2, -0.15) is 0 Å². The summed E-state index contributed by atoms with van der Waals surface area (Å²) in [6.07, 6.45) is 0. The molecule has 0 saturated heterocycles. The predicted molar refractivity (Wildman–Crippen MR) is 74.1 cm³/mol. The fourth-order valence-corrected chi connectivity index (χ4v) is 1.43. The molecule has 0 spiro atoms. The molecule has 2 N–H and O–H groups in total. The van der Waals surface area contributed by atoms with Gasteiger partial charge in [-0.15, -0.1) is 0 Å². The topological polar surface area (TPSA) is 53.6 Å². The number of ether oxygens (including phenoxy) is 1. The second kappa shape index (κ2) is 7.55. The Balaban J connectivity index is 2.38. The van der Waals surface area contributed by atoms with Crippen molar-refractivity contribution in [3.63, 3.8) is 0 Å². The number of nitrogens with zero attached hydrogens (tertiary/aromatic N) is 1. The van der Waals surface area contributed by atoms with Crippen molar-refractivity contribution < 1.29 is 9.53 Å². The van der Waals surface area contributed by atoms with Gasteiger partial charge >= 0.3 is 0 Å². The zero-order valence-corrected chi connectivity index (χ0v) is 11.2. The highest BCUT2D eigenvalue weighted by atomic mass is 16.5. The average molecular weight is 251 g/mol. The van der Waals surface area contributed by atoms with Gasteiger partial charge in [0.15, 0.2) is 0 Å². The molecule has 0 fully saturated rings. The second-order valence-electron chi connectivity index (χ2n) is 4.14. The zero-order valence-electron chi connectivity index (χ0n) is 11.2. The van der Waals surface area contributed by atoms with Crippen molar-refractivity contribution in [3.8, 4) is 0 Å². The van der Waals surface area contributed by atoms with Crippen LogP contribution in [0.15, 0.2) is 24.3 Å². The third kappa shape index (κ3) is 5.05. The van der Waals surface area contributed by atoms with E-state index in [1.165, 1.54) is 0 Å². The van der Waals surface area contributed by atoms with Crippen LogP contribution in [0.3, 0.4) is 0 Å². The summed E-state index contributed by atoms with van der Waals surface area (Å²) >= 11 is 0. The SMILES string of the molecule is COCCNC(=O)CNc1cccc(N(C)C)c1. The Morgan fingerprint density at radius 2 is 2.17 bits per heavy atom. The summed E-state index contributed by atoms with van der Waals surface area (Å²) in [5.74, 6) is -0.0395. The Hall–Kier alpha value is -1.75. The Bertz CT molecular complexity index is 380. The number of carbonyl (C=O) groups is 1. The third-order valence-corrected chi connectivity index (χ3v) is 2.44. The van der Waals surface area contributed by atoms with Crippen LogP contribution in [0.25, 0.3) is 0 Å². The fraction of sp³-hybridized carbons (Fsp3) is 0.462. The van der Waals surface area contributed by atoms with Gasteiger partial charge in [-0.05, 0) is 18.2 Å². The molecule has 0 unspecified atom stereocenters. The molecule has 1 aromatic carbocycles. The smallest absolute Gasteiger partial charge is 0.239 e. The van der Waals surface area contributed by atoms with Crippen LogP contribution >= 0.6 is 0 Å². The van der Waals surface area contributed by atoms with E-state index in [2.05, 4.69) is 10.6 Å². The molecule has 0 radical (unpaired) electrons. The van der Waals surface area contributed by atoms with Crippen LogP contribution in [-0.4, -0.2) is 46.8 Å². The van der Waals surface area contributed by atoms with E-state index in [1.54, 1.807) is 7.11 Å². The molecule has 5 nitrogen and oxygen atoms in total. The van der Waals surface area contributed by atoms with Crippen molar-refractivity contribution in [2.45, 2.75) is 0 Å². The van der Waals surface area contributed by atoms with E-state index in [4.69, 9.17) is 4.74 Å². The van der Waals surface area contributed by atoms with Gasteiger partial charge in [-0.3, -0.25) is 4.79 Å². The minimum atomic E-state index is -0.0395. The van der Waals surface area contributed by atoms with Crippen LogP contribution < -0.4 is 15.5 Å². The Morgan fingerprint density at radius 3 is 2.83 bits per heavy atom. The molecule has 0 aliphatic rings. The van der Waals surface area contributed by atoms with E-state index < -0.39 is 0 Å². The van der Waals surface area contributed by atoms with E-state index in [0.29, 0.717) is 13.2 Å². The molecular weight excluding hydrogens is 230 g/mol. The maximum absolute atomic E-state index is 11.5. The number of nitrogens with one attached hydrogen (secondary N) is 2. The summed E-state index contributed by atoms with van der Waals surface area (Å²) in [6, 6.07) is 7.92.